The Morgan fingerprint density at radius 2 is 1.94 bits per heavy atom. The topological polar surface area (TPSA) is 73.2 Å². The number of nitrogens with one attached hydrogen (secondary N) is 1. The van der Waals surface area contributed by atoms with Crippen LogP contribution in [0.1, 0.15) is 18.1 Å². The van der Waals surface area contributed by atoms with Crippen molar-refractivity contribution in [3.63, 3.8) is 0 Å². The minimum atomic E-state index is -1.08. The summed E-state index contributed by atoms with van der Waals surface area (Å²) in [6.07, 6.45) is 0. The predicted molar refractivity (Wildman–Crippen MR) is 64.4 cm³/mol. The Morgan fingerprint density at radius 3 is 2.50 bits per heavy atom. The van der Waals surface area contributed by atoms with E-state index in [1.54, 1.807) is 6.92 Å². The molecule has 3 amide bonds. The molecule has 2 rings (SSSR count). The summed E-state index contributed by atoms with van der Waals surface area (Å²) in [5.41, 5.74) is 0.710. The third-order valence-corrected chi connectivity index (χ3v) is 3.13. The van der Waals surface area contributed by atoms with Gasteiger partial charge in [0.2, 0.25) is 0 Å². The van der Waals surface area contributed by atoms with Gasteiger partial charge in [-0.15, -0.1) is 0 Å². The van der Waals surface area contributed by atoms with Gasteiger partial charge in [-0.1, -0.05) is 29.8 Å². The maximum atomic E-state index is 12.2. The van der Waals surface area contributed by atoms with Gasteiger partial charge in [-0.3, -0.25) is 4.79 Å². The molecule has 5 nitrogen and oxygen atoms in total. The molecule has 1 heterocycles. The highest BCUT2D eigenvalue weighted by atomic mass is 16.2. The van der Waals surface area contributed by atoms with Gasteiger partial charge < -0.3 is 5.32 Å². The van der Waals surface area contributed by atoms with Crippen molar-refractivity contribution in [1.29, 1.82) is 5.26 Å². The van der Waals surface area contributed by atoms with Crippen molar-refractivity contribution in [2.24, 2.45) is 0 Å². The fourth-order valence-electron chi connectivity index (χ4n) is 1.99. The largest absolute Gasteiger partial charge is 0.326 e. The van der Waals surface area contributed by atoms with E-state index in [9.17, 15) is 9.59 Å². The molecule has 92 valence electrons. The van der Waals surface area contributed by atoms with Crippen LogP contribution in [0.15, 0.2) is 24.3 Å². The van der Waals surface area contributed by atoms with Crippen LogP contribution in [-0.4, -0.2) is 23.4 Å². The second kappa shape index (κ2) is 4.15. The lowest BCUT2D eigenvalue weighted by Gasteiger charge is -2.21. The van der Waals surface area contributed by atoms with Gasteiger partial charge >= 0.3 is 6.03 Å². The molecular weight excluding hydrogens is 230 g/mol. The number of carbonyl (C=O) groups excluding carboxylic acids is 2. The van der Waals surface area contributed by atoms with E-state index in [0.717, 1.165) is 10.5 Å². The molecule has 1 aliphatic heterocycles. The van der Waals surface area contributed by atoms with Gasteiger partial charge in [0.05, 0.1) is 6.07 Å². The minimum Gasteiger partial charge on any atom is -0.319 e. The van der Waals surface area contributed by atoms with E-state index in [4.69, 9.17) is 5.26 Å². The molecule has 1 N–H and O–H groups in total. The summed E-state index contributed by atoms with van der Waals surface area (Å²) in [7, 11) is 0. The molecule has 0 spiro atoms. The van der Waals surface area contributed by atoms with E-state index in [-0.39, 0.29) is 6.54 Å². The van der Waals surface area contributed by atoms with Crippen molar-refractivity contribution in [2.75, 3.05) is 6.54 Å². The lowest BCUT2D eigenvalue weighted by Crippen LogP contribution is -2.40. The Morgan fingerprint density at radius 1 is 1.33 bits per heavy atom. The number of amides is 3. The number of aryl methyl sites for hydroxylation is 1. The monoisotopic (exact) mass is 243 g/mol. The average molecular weight is 243 g/mol. The highest BCUT2D eigenvalue weighted by molar-refractivity contribution is 6.07. The van der Waals surface area contributed by atoms with Gasteiger partial charge in [-0.2, -0.15) is 5.26 Å². The fourth-order valence-corrected chi connectivity index (χ4v) is 1.99. The summed E-state index contributed by atoms with van der Waals surface area (Å²) in [5, 5.41) is 11.3. The quantitative estimate of drug-likeness (QED) is 0.628. The normalized spacial score (nSPS) is 22.8. The van der Waals surface area contributed by atoms with E-state index in [1.165, 1.54) is 0 Å². The van der Waals surface area contributed by atoms with Crippen LogP contribution in [0.3, 0.4) is 0 Å². The van der Waals surface area contributed by atoms with Crippen molar-refractivity contribution < 1.29 is 9.59 Å². The molecule has 1 saturated heterocycles. The van der Waals surface area contributed by atoms with Gasteiger partial charge in [0.1, 0.15) is 12.1 Å². The second-order valence-corrected chi connectivity index (χ2v) is 4.47. The molecule has 1 fully saturated rings. The summed E-state index contributed by atoms with van der Waals surface area (Å²) >= 11 is 0. The standard InChI is InChI=1S/C13H13N3O2/c1-9-3-5-10(6-4-9)13(2)11(17)16(8-7-14)12(18)15-13/h3-6H,8H2,1-2H3,(H,15,18). The maximum Gasteiger partial charge on any atom is 0.326 e. The molecule has 1 atom stereocenters. The molecule has 1 aliphatic rings. The molecule has 0 bridgehead atoms. The van der Waals surface area contributed by atoms with Gasteiger partial charge in [-0.05, 0) is 19.4 Å². The molecule has 0 aliphatic carbocycles. The lowest BCUT2D eigenvalue weighted by atomic mass is 9.91. The first kappa shape index (κ1) is 12.1. The third-order valence-electron chi connectivity index (χ3n) is 3.13. The van der Waals surface area contributed by atoms with E-state index in [1.807, 2.05) is 37.3 Å². The highest BCUT2D eigenvalue weighted by Gasteiger charge is 2.48. The Labute approximate surface area is 105 Å². The van der Waals surface area contributed by atoms with E-state index in [2.05, 4.69) is 5.32 Å². The third kappa shape index (κ3) is 1.72. The van der Waals surface area contributed by atoms with Crippen LogP contribution in [0, 0.1) is 18.3 Å². The molecule has 0 radical (unpaired) electrons. The molecular formula is C13H13N3O2. The van der Waals surface area contributed by atoms with Crippen LogP contribution < -0.4 is 5.32 Å². The first-order chi connectivity index (χ1) is 8.49. The van der Waals surface area contributed by atoms with E-state index < -0.39 is 17.5 Å². The van der Waals surface area contributed by atoms with Gasteiger partial charge in [0.15, 0.2) is 0 Å². The second-order valence-electron chi connectivity index (χ2n) is 4.47. The highest BCUT2D eigenvalue weighted by Crippen LogP contribution is 2.28. The summed E-state index contributed by atoms with van der Waals surface area (Å²) in [6, 6.07) is 8.67. The first-order valence-electron chi connectivity index (χ1n) is 5.57. The Kier molecular flexibility index (Phi) is 2.79. The van der Waals surface area contributed by atoms with Crippen LogP contribution in [0.2, 0.25) is 0 Å². The zero-order valence-corrected chi connectivity index (χ0v) is 10.2. The molecule has 0 aromatic heterocycles. The number of imide groups is 1. The van der Waals surface area contributed by atoms with Gasteiger partial charge in [0.25, 0.3) is 5.91 Å². The number of hydrogen-bond donors (Lipinski definition) is 1. The molecule has 1 aromatic rings. The molecule has 5 heteroatoms. The Balaban J connectivity index is 2.39. The number of nitrogens with zero attached hydrogens (tertiary/aromatic N) is 2. The van der Waals surface area contributed by atoms with E-state index >= 15 is 0 Å². The predicted octanol–water partition coefficient (Wildman–Crippen LogP) is 1.29. The number of hydrogen-bond acceptors (Lipinski definition) is 3. The molecule has 1 aromatic carbocycles. The average Bonchev–Trinajstić information content (AvgIpc) is 2.55. The summed E-state index contributed by atoms with van der Waals surface area (Å²) in [6.45, 7) is 3.37. The number of carbonyl (C=O) groups is 2. The summed E-state index contributed by atoms with van der Waals surface area (Å²) < 4.78 is 0. The number of nitriles is 1. The van der Waals surface area contributed by atoms with Crippen LogP contribution in [0.25, 0.3) is 0 Å². The number of urea groups is 1. The van der Waals surface area contributed by atoms with Gasteiger partial charge in [0, 0.05) is 0 Å². The van der Waals surface area contributed by atoms with Crippen molar-refractivity contribution in [2.45, 2.75) is 19.4 Å². The smallest absolute Gasteiger partial charge is 0.319 e. The lowest BCUT2D eigenvalue weighted by molar-refractivity contribution is -0.130. The molecule has 0 saturated carbocycles. The summed E-state index contributed by atoms with van der Waals surface area (Å²) in [4.78, 5) is 24.8. The number of benzene rings is 1. The van der Waals surface area contributed by atoms with Crippen LogP contribution in [0.4, 0.5) is 4.79 Å². The van der Waals surface area contributed by atoms with Gasteiger partial charge in [-0.25, -0.2) is 9.69 Å². The Hall–Kier alpha value is -2.35. The number of rotatable bonds is 2. The van der Waals surface area contributed by atoms with Crippen LogP contribution in [0.5, 0.6) is 0 Å². The van der Waals surface area contributed by atoms with Crippen molar-refractivity contribution in [3.8, 4) is 6.07 Å². The Bertz CT molecular complexity index is 544. The van der Waals surface area contributed by atoms with E-state index in [0.29, 0.717) is 5.56 Å². The molecule has 18 heavy (non-hydrogen) atoms. The summed E-state index contributed by atoms with van der Waals surface area (Å²) in [5.74, 6) is -0.391. The van der Waals surface area contributed by atoms with Crippen LogP contribution in [-0.2, 0) is 10.3 Å². The SMILES string of the molecule is Cc1ccc(C2(C)NC(=O)N(CC#N)C2=O)cc1. The minimum absolute atomic E-state index is 0.230. The first-order valence-corrected chi connectivity index (χ1v) is 5.57. The van der Waals surface area contributed by atoms with Crippen molar-refractivity contribution in [3.05, 3.63) is 35.4 Å². The maximum absolute atomic E-state index is 12.2. The zero-order chi connectivity index (χ0) is 13.3. The molecule has 1 unspecified atom stereocenters. The van der Waals surface area contributed by atoms with Crippen molar-refractivity contribution in [1.82, 2.24) is 10.2 Å². The fraction of sp³-hybridized carbons (Fsp3) is 0.308. The van der Waals surface area contributed by atoms with Crippen molar-refractivity contribution >= 4 is 11.9 Å². The zero-order valence-electron chi connectivity index (χ0n) is 10.2. The van der Waals surface area contributed by atoms with Crippen LogP contribution >= 0.6 is 0 Å².